The molecule has 0 saturated heterocycles. The summed E-state index contributed by atoms with van der Waals surface area (Å²) in [5, 5.41) is 18.1. The number of nitrogens with zero attached hydrogens (tertiary/aromatic N) is 1. The van der Waals surface area contributed by atoms with Crippen LogP contribution >= 0.6 is 0 Å². The van der Waals surface area contributed by atoms with Gasteiger partial charge in [0.15, 0.2) is 0 Å². The zero-order valence-electron chi connectivity index (χ0n) is 10.5. The van der Waals surface area contributed by atoms with Crippen molar-refractivity contribution in [1.82, 2.24) is 10.2 Å². The molecule has 0 radical (unpaired) electrons. The molecule has 0 aliphatic rings. The van der Waals surface area contributed by atoms with Crippen LogP contribution in [0.4, 0.5) is 5.69 Å². The number of aromatic nitrogens is 2. The Balaban J connectivity index is 2.28. The van der Waals surface area contributed by atoms with Gasteiger partial charge in [-0.3, -0.25) is 9.89 Å². The maximum Gasteiger partial charge on any atom is 0.335 e. The highest BCUT2D eigenvalue weighted by Gasteiger charge is 2.13. The van der Waals surface area contributed by atoms with Gasteiger partial charge in [-0.2, -0.15) is 5.10 Å². The van der Waals surface area contributed by atoms with Crippen molar-refractivity contribution in [3.63, 3.8) is 0 Å². The fourth-order valence-corrected chi connectivity index (χ4v) is 1.66. The molecule has 0 bridgehead atoms. The number of carboxylic acid groups (broad SMARTS) is 1. The van der Waals surface area contributed by atoms with Crippen LogP contribution in [0.25, 0.3) is 0 Å². The average molecular weight is 259 g/mol. The summed E-state index contributed by atoms with van der Waals surface area (Å²) in [5.74, 6) is -1.35. The maximum atomic E-state index is 12.0. The molecule has 1 aromatic heterocycles. The maximum absolute atomic E-state index is 12.0. The molecule has 0 unspecified atom stereocenters. The summed E-state index contributed by atoms with van der Waals surface area (Å²) < 4.78 is 0. The quantitative estimate of drug-likeness (QED) is 0.785. The fourth-order valence-electron chi connectivity index (χ4n) is 1.66. The molecule has 98 valence electrons. The molecule has 2 aromatic rings. The van der Waals surface area contributed by atoms with Crippen LogP contribution in [0, 0.1) is 13.8 Å². The standard InChI is InChI=1S/C13H13N3O3/c1-7-3-4-9(13(18)19)5-11(7)15-12(17)10-6-14-16-8(10)2/h3-6H,1-2H3,(H,14,16)(H,15,17)(H,18,19). The van der Waals surface area contributed by atoms with Gasteiger partial charge in [-0.1, -0.05) is 6.07 Å². The number of carbonyl (C=O) groups excluding carboxylic acids is 1. The summed E-state index contributed by atoms with van der Waals surface area (Å²) in [6.45, 7) is 3.53. The van der Waals surface area contributed by atoms with E-state index in [1.807, 2.05) is 0 Å². The molecule has 3 N–H and O–H groups in total. The largest absolute Gasteiger partial charge is 0.478 e. The van der Waals surface area contributed by atoms with Crippen LogP contribution in [0.15, 0.2) is 24.4 Å². The molecular formula is C13H13N3O3. The van der Waals surface area contributed by atoms with Crippen LogP contribution in [0.2, 0.25) is 0 Å². The molecule has 0 atom stereocenters. The minimum absolute atomic E-state index is 0.129. The van der Waals surface area contributed by atoms with Crippen LogP contribution in [0.5, 0.6) is 0 Å². The first-order valence-electron chi connectivity index (χ1n) is 5.64. The highest BCUT2D eigenvalue weighted by Crippen LogP contribution is 2.18. The number of aromatic amines is 1. The first kappa shape index (κ1) is 12.8. The fraction of sp³-hybridized carbons (Fsp3) is 0.154. The molecule has 0 saturated carbocycles. The van der Waals surface area contributed by atoms with Gasteiger partial charge in [0.2, 0.25) is 0 Å². The van der Waals surface area contributed by atoms with Gasteiger partial charge in [0.05, 0.1) is 17.3 Å². The zero-order valence-corrected chi connectivity index (χ0v) is 10.5. The van der Waals surface area contributed by atoms with E-state index in [2.05, 4.69) is 15.5 Å². The number of anilines is 1. The lowest BCUT2D eigenvalue weighted by molar-refractivity contribution is 0.0696. The van der Waals surface area contributed by atoms with Crippen molar-refractivity contribution in [2.75, 3.05) is 5.32 Å². The Morgan fingerprint density at radius 2 is 2.05 bits per heavy atom. The van der Waals surface area contributed by atoms with Gasteiger partial charge in [0, 0.05) is 11.4 Å². The highest BCUT2D eigenvalue weighted by molar-refractivity contribution is 6.05. The topological polar surface area (TPSA) is 95.1 Å². The lowest BCUT2D eigenvalue weighted by Gasteiger charge is -2.08. The predicted molar refractivity (Wildman–Crippen MR) is 69.4 cm³/mol. The number of aryl methyl sites for hydroxylation is 2. The van der Waals surface area contributed by atoms with E-state index in [-0.39, 0.29) is 11.5 Å². The Kier molecular flexibility index (Phi) is 3.33. The molecule has 1 heterocycles. The molecule has 2 rings (SSSR count). The third-order valence-corrected chi connectivity index (χ3v) is 2.81. The molecule has 1 aromatic carbocycles. The molecular weight excluding hydrogens is 246 g/mol. The van der Waals surface area contributed by atoms with Gasteiger partial charge in [0.25, 0.3) is 5.91 Å². The van der Waals surface area contributed by atoms with Crippen molar-refractivity contribution in [2.24, 2.45) is 0 Å². The predicted octanol–water partition coefficient (Wildman–Crippen LogP) is 1.98. The number of carboxylic acids is 1. The Morgan fingerprint density at radius 3 is 2.63 bits per heavy atom. The molecule has 6 heteroatoms. The first-order chi connectivity index (χ1) is 8.99. The Hall–Kier alpha value is -2.63. The zero-order chi connectivity index (χ0) is 14.0. The molecule has 19 heavy (non-hydrogen) atoms. The van der Waals surface area contributed by atoms with Gasteiger partial charge >= 0.3 is 5.97 Å². The Labute approximate surface area is 109 Å². The summed E-state index contributed by atoms with van der Waals surface area (Å²) in [6.07, 6.45) is 1.43. The van der Waals surface area contributed by atoms with Gasteiger partial charge in [-0.15, -0.1) is 0 Å². The number of benzene rings is 1. The van der Waals surface area contributed by atoms with Gasteiger partial charge in [-0.05, 0) is 31.5 Å². The normalized spacial score (nSPS) is 10.2. The van der Waals surface area contributed by atoms with E-state index in [1.54, 1.807) is 19.9 Å². The van der Waals surface area contributed by atoms with E-state index < -0.39 is 5.97 Å². The Morgan fingerprint density at radius 1 is 1.32 bits per heavy atom. The molecule has 0 spiro atoms. The number of carbonyl (C=O) groups is 2. The van der Waals surface area contributed by atoms with E-state index in [4.69, 9.17) is 5.11 Å². The number of aromatic carboxylic acids is 1. The van der Waals surface area contributed by atoms with E-state index in [0.29, 0.717) is 16.9 Å². The number of amides is 1. The number of hydrogen-bond donors (Lipinski definition) is 3. The van der Waals surface area contributed by atoms with Crippen molar-refractivity contribution < 1.29 is 14.7 Å². The van der Waals surface area contributed by atoms with Crippen molar-refractivity contribution in [1.29, 1.82) is 0 Å². The summed E-state index contributed by atoms with van der Waals surface area (Å²) in [4.78, 5) is 22.9. The van der Waals surface area contributed by atoms with Crippen LogP contribution in [-0.4, -0.2) is 27.2 Å². The van der Waals surface area contributed by atoms with Crippen LogP contribution in [0.3, 0.4) is 0 Å². The second kappa shape index (κ2) is 4.93. The van der Waals surface area contributed by atoms with E-state index in [0.717, 1.165) is 5.56 Å². The van der Waals surface area contributed by atoms with Crippen molar-refractivity contribution in [2.45, 2.75) is 13.8 Å². The number of nitrogens with one attached hydrogen (secondary N) is 2. The summed E-state index contributed by atoms with van der Waals surface area (Å²) in [5.41, 5.74) is 2.49. The van der Waals surface area contributed by atoms with Crippen LogP contribution < -0.4 is 5.32 Å². The second-order valence-electron chi connectivity index (χ2n) is 4.20. The number of H-pyrrole nitrogens is 1. The minimum atomic E-state index is -1.03. The van der Waals surface area contributed by atoms with Gasteiger partial charge in [-0.25, -0.2) is 4.79 Å². The van der Waals surface area contributed by atoms with E-state index in [9.17, 15) is 9.59 Å². The molecule has 0 aliphatic heterocycles. The minimum Gasteiger partial charge on any atom is -0.478 e. The van der Waals surface area contributed by atoms with Crippen molar-refractivity contribution in [3.05, 3.63) is 46.8 Å². The van der Waals surface area contributed by atoms with Crippen molar-refractivity contribution >= 4 is 17.6 Å². The smallest absolute Gasteiger partial charge is 0.335 e. The molecule has 1 amide bonds. The summed E-state index contributed by atoms with van der Waals surface area (Å²) in [6, 6.07) is 4.59. The first-order valence-corrected chi connectivity index (χ1v) is 5.64. The summed E-state index contributed by atoms with van der Waals surface area (Å²) >= 11 is 0. The molecule has 6 nitrogen and oxygen atoms in total. The van der Waals surface area contributed by atoms with E-state index in [1.165, 1.54) is 18.3 Å². The molecule has 0 aliphatic carbocycles. The second-order valence-corrected chi connectivity index (χ2v) is 4.20. The van der Waals surface area contributed by atoms with Crippen LogP contribution in [0.1, 0.15) is 32.0 Å². The molecule has 0 fully saturated rings. The summed E-state index contributed by atoms with van der Waals surface area (Å²) in [7, 11) is 0. The van der Waals surface area contributed by atoms with Crippen molar-refractivity contribution in [3.8, 4) is 0 Å². The van der Waals surface area contributed by atoms with Gasteiger partial charge in [0.1, 0.15) is 0 Å². The number of rotatable bonds is 3. The Bertz CT molecular complexity index is 646. The average Bonchev–Trinajstić information content (AvgIpc) is 2.78. The number of hydrogen-bond acceptors (Lipinski definition) is 3. The lowest BCUT2D eigenvalue weighted by atomic mass is 10.1. The highest BCUT2D eigenvalue weighted by atomic mass is 16.4. The third-order valence-electron chi connectivity index (χ3n) is 2.81. The van der Waals surface area contributed by atoms with E-state index >= 15 is 0 Å². The monoisotopic (exact) mass is 259 g/mol. The van der Waals surface area contributed by atoms with Gasteiger partial charge < -0.3 is 10.4 Å². The third kappa shape index (κ3) is 2.62. The lowest BCUT2D eigenvalue weighted by Crippen LogP contribution is -2.14. The SMILES string of the molecule is Cc1ccc(C(=O)O)cc1NC(=O)c1cn[nH]c1C. The van der Waals surface area contributed by atoms with Crippen LogP contribution in [-0.2, 0) is 0 Å².